The Bertz CT molecular complexity index is 1370. The summed E-state index contributed by atoms with van der Waals surface area (Å²) in [6, 6.07) is 19.7. The normalized spacial score (nSPS) is 12.0. The molecule has 158 valence electrons. The van der Waals surface area contributed by atoms with Crippen molar-refractivity contribution in [2.75, 3.05) is 5.32 Å². The van der Waals surface area contributed by atoms with Crippen LogP contribution in [0.15, 0.2) is 83.6 Å². The summed E-state index contributed by atoms with van der Waals surface area (Å²) in [7, 11) is 0. The van der Waals surface area contributed by atoms with Gasteiger partial charge in [-0.05, 0) is 19.1 Å². The lowest BCUT2D eigenvalue weighted by Gasteiger charge is -2.10. The van der Waals surface area contributed by atoms with E-state index in [1.165, 1.54) is 29.4 Å². The first-order valence-electron chi connectivity index (χ1n) is 9.91. The Kier molecular flexibility index (Phi) is 5.66. The average molecular weight is 459 g/mol. The molecule has 0 bridgehead atoms. The molecule has 1 amide bonds. The number of hydrogen-bond acceptors (Lipinski definition) is 7. The summed E-state index contributed by atoms with van der Waals surface area (Å²) in [6.45, 7) is 1.85. The Morgan fingerprint density at radius 2 is 1.81 bits per heavy atom. The van der Waals surface area contributed by atoms with Crippen LogP contribution < -0.4 is 5.32 Å². The fraction of sp³-hybridized carbons (Fsp3) is 0.0870. The van der Waals surface area contributed by atoms with Gasteiger partial charge in [-0.15, -0.1) is 11.3 Å². The maximum absolute atomic E-state index is 12.8. The number of benzene rings is 2. The number of nitrogens with zero attached hydrogens (tertiary/aromatic N) is 5. The molecule has 32 heavy (non-hydrogen) atoms. The van der Waals surface area contributed by atoms with Crippen molar-refractivity contribution in [3.63, 3.8) is 0 Å². The number of amides is 1. The molecule has 0 aliphatic rings. The van der Waals surface area contributed by atoms with Crippen molar-refractivity contribution in [2.24, 2.45) is 0 Å². The second kappa shape index (κ2) is 8.89. The van der Waals surface area contributed by atoms with Gasteiger partial charge in [0, 0.05) is 10.9 Å². The van der Waals surface area contributed by atoms with Gasteiger partial charge in [0.25, 0.3) is 0 Å². The number of anilines is 1. The van der Waals surface area contributed by atoms with E-state index in [1.54, 1.807) is 10.9 Å². The minimum atomic E-state index is -0.378. The molecule has 0 saturated heterocycles. The van der Waals surface area contributed by atoms with Crippen molar-refractivity contribution in [1.82, 2.24) is 24.7 Å². The minimum Gasteiger partial charge on any atom is -0.301 e. The predicted octanol–water partition coefficient (Wildman–Crippen LogP) is 5.06. The molecule has 0 unspecified atom stereocenters. The number of nitrogens with one attached hydrogen (secondary N) is 1. The molecule has 3 aromatic heterocycles. The fourth-order valence-corrected chi connectivity index (χ4v) is 4.78. The Labute approximate surface area is 192 Å². The van der Waals surface area contributed by atoms with Gasteiger partial charge in [-0.2, -0.15) is 5.10 Å². The first-order chi connectivity index (χ1) is 15.7. The van der Waals surface area contributed by atoms with Gasteiger partial charge in [-0.1, -0.05) is 60.3 Å². The van der Waals surface area contributed by atoms with Crippen LogP contribution in [0.5, 0.6) is 0 Å². The Hall–Kier alpha value is -3.56. The van der Waals surface area contributed by atoms with Crippen molar-refractivity contribution in [2.45, 2.75) is 17.2 Å². The van der Waals surface area contributed by atoms with Crippen LogP contribution in [-0.4, -0.2) is 35.9 Å². The number of para-hydroxylation sites is 1. The number of thioether (sulfide) groups is 1. The van der Waals surface area contributed by atoms with Gasteiger partial charge < -0.3 is 5.32 Å². The highest BCUT2D eigenvalue weighted by atomic mass is 32.2. The van der Waals surface area contributed by atoms with Crippen LogP contribution >= 0.6 is 23.1 Å². The Morgan fingerprint density at radius 1 is 1.06 bits per heavy atom. The topological polar surface area (TPSA) is 85.6 Å². The van der Waals surface area contributed by atoms with Gasteiger partial charge >= 0.3 is 0 Å². The number of carbonyl (C=O) groups is 1. The third-order valence-corrected chi connectivity index (χ3v) is 6.67. The van der Waals surface area contributed by atoms with E-state index in [1.807, 2.05) is 73.0 Å². The van der Waals surface area contributed by atoms with Crippen molar-refractivity contribution in [3.05, 3.63) is 78.6 Å². The minimum absolute atomic E-state index is 0.133. The van der Waals surface area contributed by atoms with E-state index in [4.69, 9.17) is 0 Å². The summed E-state index contributed by atoms with van der Waals surface area (Å²) in [5.41, 5.74) is 3.48. The largest absolute Gasteiger partial charge is 0.301 e. The molecule has 5 aromatic rings. The van der Waals surface area contributed by atoms with Gasteiger partial charge in [0.1, 0.15) is 11.4 Å². The number of aromatic nitrogens is 5. The highest BCUT2D eigenvalue weighted by molar-refractivity contribution is 8.00. The van der Waals surface area contributed by atoms with Crippen LogP contribution in [0.1, 0.15) is 6.92 Å². The van der Waals surface area contributed by atoms with E-state index < -0.39 is 0 Å². The van der Waals surface area contributed by atoms with Crippen LogP contribution in [0.4, 0.5) is 5.13 Å². The maximum Gasteiger partial charge on any atom is 0.239 e. The van der Waals surface area contributed by atoms with E-state index >= 15 is 0 Å². The quantitative estimate of drug-likeness (QED) is 0.283. The SMILES string of the molecule is C[C@@H](Sc1ncnc2c1cnn2-c1ccccc1)C(=O)Nc1nc(-c2ccccc2)cs1. The molecule has 7 nitrogen and oxygen atoms in total. The van der Waals surface area contributed by atoms with Crippen LogP contribution in [0, 0.1) is 0 Å². The molecule has 0 fully saturated rings. The third-order valence-electron chi connectivity index (χ3n) is 4.79. The average Bonchev–Trinajstić information content (AvgIpc) is 3.48. The number of carbonyl (C=O) groups excluding carboxylic acids is 1. The molecule has 2 aromatic carbocycles. The summed E-state index contributed by atoms with van der Waals surface area (Å²) < 4.78 is 1.77. The molecule has 0 aliphatic heterocycles. The van der Waals surface area contributed by atoms with Gasteiger partial charge in [0.2, 0.25) is 5.91 Å². The Balaban J connectivity index is 1.32. The molecule has 0 radical (unpaired) electrons. The zero-order chi connectivity index (χ0) is 21.9. The lowest BCUT2D eigenvalue weighted by Crippen LogP contribution is -2.22. The second-order valence-electron chi connectivity index (χ2n) is 6.96. The fourth-order valence-electron chi connectivity index (χ4n) is 3.18. The van der Waals surface area contributed by atoms with E-state index in [2.05, 4.69) is 25.4 Å². The number of hydrogen-bond donors (Lipinski definition) is 1. The molecule has 3 heterocycles. The van der Waals surface area contributed by atoms with Crippen molar-refractivity contribution < 1.29 is 4.79 Å². The summed E-state index contributed by atoms with van der Waals surface area (Å²) in [4.78, 5) is 26.1. The zero-order valence-electron chi connectivity index (χ0n) is 17.0. The predicted molar refractivity (Wildman–Crippen MR) is 128 cm³/mol. The summed E-state index contributed by atoms with van der Waals surface area (Å²) in [5, 5.41) is 11.0. The van der Waals surface area contributed by atoms with Crippen molar-refractivity contribution in [3.8, 4) is 16.9 Å². The lowest BCUT2D eigenvalue weighted by atomic mass is 10.2. The number of fused-ring (bicyclic) bond motifs is 1. The molecule has 1 N–H and O–H groups in total. The standard InChI is InChI=1S/C23H18N6OS2/c1-15(21(30)28-23-27-19(13-31-23)16-8-4-2-5-9-16)32-22-18-12-26-29(20(18)24-14-25-22)17-10-6-3-7-11-17/h2-15H,1H3,(H,27,28,30)/t15-/m1/s1. The molecule has 9 heteroatoms. The maximum atomic E-state index is 12.8. The first-order valence-corrected chi connectivity index (χ1v) is 11.7. The Morgan fingerprint density at radius 3 is 2.59 bits per heavy atom. The monoisotopic (exact) mass is 458 g/mol. The van der Waals surface area contributed by atoms with Gasteiger partial charge in [0.15, 0.2) is 10.8 Å². The highest BCUT2D eigenvalue weighted by Gasteiger charge is 2.20. The van der Waals surface area contributed by atoms with Gasteiger partial charge in [-0.25, -0.2) is 19.6 Å². The van der Waals surface area contributed by atoms with Gasteiger partial charge in [0.05, 0.1) is 28.2 Å². The van der Waals surface area contributed by atoms with Crippen LogP contribution in [0.3, 0.4) is 0 Å². The van der Waals surface area contributed by atoms with E-state index in [-0.39, 0.29) is 11.2 Å². The van der Waals surface area contributed by atoms with Crippen molar-refractivity contribution in [1.29, 1.82) is 0 Å². The van der Waals surface area contributed by atoms with E-state index in [0.29, 0.717) is 15.8 Å². The number of thiazole rings is 1. The summed E-state index contributed by atoms with van der Waals surface area (Å²) in [5.74, 6) is -0.133. The smallest absolute Gasteiger partial charge is 0.239 e. The second-order valence-corrected chi connectivity index (χ2v) is 9.15. The van der Waals surface area contributed by atoms with Crippen LogP contribution in [0.25, 0.3) is 28.0 Å². The molecule has 0 spiro atoms. The zero-order valence-corrected chi connectivity index (χ0v) is 18.7. The third kappa shape index (κ3) is 4.12. The van der Waals surface area contributed by atoms with Crippen LogP contribution in [0.2, 0.25) is 0 Å². The van der Waals surface area contributed by atoms with Gasteiger partial charge in [-0.3, -0.25) is 4.79 Å². The number of rotatable bonds is 6. The van der Waals surface area contributed by atoms with Crippen molar-refractivity contribution >= 4 is 45.2 Å². The molecule has 0 aliphatic carbocycles. The summed E-state index contributed by atoms with van der Waals surface area (Å²) in [6.07, 6.45) is 3.24. The molecule has 5 rings (SSSR count). The van der Waals surface area contributed by atoms with Crippen LogP contribution in [-0.2, 0) is 4.79 Å². The van der Waals surface area contributed by atoms with E-state index in [0.717, 1.165) is 22.3 Å². The molecular formula is C23H18N6OS2. The molecule has 1 atom stereocenters. The first kappa shape index (κ1) is 20.3. The highest BCUT2D eigenvalue weighted by Crippen LogP contribution is 2.30. The molecule has 0 saturated carbocycles. The summed E-state index contributed by atoms with van der Waals surface area (Å²) >= 11 is 2.78. The van der Waals surface area contributed by atoms with E-state index in [9.17, 15) is 4.79 Å². The molecular weight excluding hydrogens is 440 g/mol. The lowest BCUT2D eigenvalue weighted by molar-refractivity contribution is -0.115.